The van der Waals surface area contributed by atoms with Crippen LogP contribution >= 0.6 is 0 Å². The van der Waals surface area contributed by atoms with Gasteiger partial charge in [0.1, 0.15) is 6.54 Å². The van der Waals surface area contributed by atoms with Crippen LogP contribution in [0.1, 0.15) is 32.1 Å². The van der Waals surface area contributed by atoms with E-state index >= 15 is 0 Å². The van der Waals surface area contributed by atoms with Crippen molar-refractivity contribution in [3.63, 3.8) is 0 Å². The lowest BCUT2D eigenvalue weighted by molar-refractivity contribution is -0.123. The number of rotatable bonds is 6. The number of ether oxygens (including phenoxy) is 1. The Morgan fingerprint density at radius 2 is 2.04 bits per heavy atom. The standard InChI is InChI=1S/C18H26N6O3/c25-16(13-24-21-17(20-22-24)15-5-4-10-27-15)19-14-18(6-2-1-3-7-18)23-8-11-26-12-9-23/h4-5,10H,1-3,6-9,11-14H2,(H,19,25). The molecule has 146 valence electrons. The average molecular weight is 374 g/mol. The Morgan fingerprint density at radius 3 is 2.78 bits per heavy atom. The molecule has 9 heteroatoms. The predicted molar refractivity (Wildman–Crippen MR) is 96.7 cm³/mol. The molecule has 0 aromatic carbocycles. The molecule has 1 aliphatic carbocycles. The van der Waals surface area contributed by atoms with Crippen LogP contribution < -0.4 is 5.32 Å². The number of nitrogens with one attached hydrogen (secondary N) is 1. The van der Waals surface area contributed by atoms with Crippen molar-refractivity contribution in [2.75, 3.05) is 32.8 Å². The molecule has 9 nitrogen and oxygen atoms in total. The van der Waals surface area contributed by atoms with Crippen molar-refractivity contribution in [1.29, 1.82) is 0 Å². The fourth-order valence-electron chi connectivity index (χ4n) is 4.11. The zero-order valence-electron chi connectivity index (χ0n) is 15.5. The highest BCUT2D eigenvalue weighted by molar-refractivity contribution is 5.75. The maximum absolute atomic E-state index is 12.5. The summed E-state index contributed by atoms with van der Waals surface area (Å²) in [6.07, 6.45) is 7.50. The number of amides is 1. The molecule has 0 radical (unpaired) electrons. The second-order valence-corrected chi connectivity index (χ2v) is 7.28. The minimum atomic E-state index is -0.100. The lowest BCUT2D eigenvalue weighted by Gasteiger charge is -2.48. The van der Waals surface area contributed by atoms with Crippen molar-refractivity contribution in [3.8, 4) is 11.6 Å². The number of carbonyl (C=O) groups excluding carboxylic acids is 1. The van der Waals surface area contributed by atoms with E-state index in [1.54, 1.807) is 18.4 Å². The van der Waals surface area contributed by atoms with Gasteiger partial charge in [-0.15, -0.1) is 10.2 Å². The molecule has 1 saturated heterocycles. The van der Waals surface area contributed by atoms with E-state index < -0.39 is 0 Å². The summed E-state index contributed by atoms with van der Waals surface area (Å²) >= 11 is 0. The van der Waals surface area contributed by atoms with Gasteiger partial charge in [-0.25, -0.2) is 0 Å². The van der Waals surface area contributed by atoms with Gasteiger partial charge >= 0.3 is 0 Å². The van der Waals surface area contributed by atoms with Gasteiger partial charge in [0, 0.05) is 25.2 Å². The fourth-order valence-corrected chi connectivity index (χ4v) is 4.11. The summed E-state index contributed by atoms with van der Waals surface area (Å²) in [5.41, 5.74) is 0.0484. The zero-order chi connectivity index (χ0) is 18.5. The van der Waals surface area contributed by atoms with Gasteiger partial charge in [0.25, 0.3) is 0 Å². The number of morpholine rings is 1. The van der Waals surface area contributed by atoms with E-state index in [0.717, 1.165) is 39.1 Å². The normalized spacial score (nSPS) is 20.4. The molecule has 1 aliphatic heterocycles. The van der Waals surface area contributed by atoms with E-state index in [9.17, 15) is 4.79 Å². The van der Waals surface area contributed by atoms with Crippen LogP contribution in [0, 0.1) is 0 Å². The highest BCUT2D eigenvalue weighted by Crippen LogP contribution is 2.33. The first kappa shape index (κ1) is 18.1. The molecule has 2 fully saturated rings. The predicted octanol–water partition coefficient (Wildman–Crippen LogP) is 1.08. The van der Waals surface area contributed by atoms with Gasteiger partial charge < -0.3 is 14.5 Å². The summed E-state index contributed by atoms with van der Waals surface area (Å²) in [7, 11) is 0. The number of hydrogen-bond acceptors (Lipinski definition) is 7. The molecule has 1 saturated carbocycles. The molecule has 1 amide bonds. The highest BCUT2D eigenvalue weighted by atomic mass is 16.5. The molecule has 1 N–H and O–H groups in total. The molecule has 2 aromatic rings. The number of hydrogen-bond donors (Lipinski definition) is 1. The van der Waals surface area contributed by atoms with Gasteiger partial charge in [0.15, 0.2) is 5.76 Å². The third kappa shape index (κ3) is 4.19. The van der Waals surface area contributed by atoms with Crippen LogP contribution in [0.25, 0.3) is 11.6 Å². The molecule has 0 spiro atoms. The monoisotopic (exact) mass is 374 g/mol. The first-order chi connectivity index (χ1) is 13.3. The SMILES string of the molecule is O=C(Cn1nnc(-c2ccco2)n1)NCC1(N2CCOCC2)CCCCC1. The molecule has 27 heavy (non-hydrogen) atoms. The van der Waals surface area contributed by atoms with E-state index in [1.165, 1.54) is 24.1 Å². The Kier molecular flexibility index (Phi) is 5.49. The number of nitrogens with zero attached hydrogens (tertiary/aromatic N) is 5. The summed E-state index contributed by atoms with van der Waals surface area (Å²) in [5.74, 6) is 0.816. The van der Waals surface area contributed by atoms with Crippen LogP contribution in [0.15, 0.2) is 22.8 Å². The molecule has 0 bridgehead atoms. The third-order valence-electron chi connectivity index (χ3n) is 5.56. The minimum absolute atomic E-state index is 0.0484. The highest BCUT2D eigenvalue weighted by Gasteiger charge is 2.38. The van der Waals surface area contributed by atoms with Crippen molar-refractivity contribution in [2.45, 2.75) is 44.2 Å². The van der Waals surface area contributed by atoms with E-state index in [0.29, 0.717) is 18.1 Å². The average Bonchev–Trinajstić information content (AvgIpc) is 3.40. The summed E-state index contributed by atoms with van der Waals surface area (Å²) < 4.78 is 10.8. The van der Waals surface area contributed by atoms with Crippen molar-refractivity contribution < 1.29 is 13.9 Å². The third-order valence-corrected chi connectivity index (χ3v) is 5.56. The van der Waals surface area contributed by atoms with Crippen LogP contribution in [0.2, 0.25) is 0 Å². The van der Waals surface area contributed by atoms with Crippen molar-refractivity contribution >= 4 is 5.91 Å². The molecule has 4 rings (SSSR count). The van der Waals surface area contributed by atoms with Crippen LogP contribution in [0.3, 0.4) is 0 Å². The summed E-state index contributed by atoms with van der Waals surface area (Å²) in [5, 5.41) is 15.2. The van der Waals surface area contributed by atoms with Gasteiger partial charge in [-0.1, -0.05) is 19.3 Å². The van der Waals surface area contributed by atoms with Crippen LogP contribution in [-0.4, -0.2) is 69.4 Å². The minimum Gasteiger partial charge on any atom is -0.461 e. The van der Waals surface area contributed by atoms with Crippen molar-refractivity contribution in [2.24, 2.45) is 0 Å². The van der Waals surface area contributed by atoms with Crippen molar-refractivity contribution in [1.82, 2.24) is 30.4 Å². The molecule has 2 aliphatic rings. The van der Waals surface area contributed by atoms with Gasteiger partial charge in [0.2, 0.25) is 11.7 Å². The van der Waals surface area contributed by atoms with Gasteiger partial charge in [-0.3, -0.25) is 9.69 Å². The summed E-state index contributed by atoms with van der Waals surface area (Å²) in [4.78, 5) is 16.3. The first-order valence-corrected chi connectivity index (χ1v) is 9.66. The van der Waals surface area contributed by atoms with Gasteiger partial charge in [0.05, 0.1) is 19.5 Å². The lowest BCUT2D eigenvalue weighted by Crippen LogP contribution is -2.59. The van der Waals surface area contributed by atoms with E-state index in [4.69, 9.17) is 9.15 Å². The topological polar surface area (TPSA) is 98.3 Å². The Labute approximate surface area is 158 Å². The number of carbonyl (C=O) groups is 1. The lowest BCUT2D eigenvalue weighted by atomic mass is 9.79. The zero-order valence-corrected chi connectivity index (χ0v) is 15.5. The number of tetrazole rings is 1. The van der Waals surface area contributed by atoms with Gasteiger partial charge in [-0.2, -0.15) is 4.80 Å². The Balaban J connectivity index is 1.35. The Morgan fingerprint density at radius 1 is 1.22 bits per heavy atom. The Bertz CT molecular complexity index is 732. The molecule has 3 heterocycles. The maximum atomic E-state index is 12.5. The molecular weight excluding hydrogens is 348 g/mol. The Hall–Kier alpha value is -2.26. The molecular formula is C18H26N6O3. The largest absolute Gasteiger partial charge is 0.461 e. The van der Waals surface area contributed by atoms with Crippen LogP contribution in [0.4, 0.5) is 0 Å². The number of aromatic nitrogens is 4. The number of furan rings is 1. The first-order valence-electron chi connectivity index (χ1n) is 9.66. The molecule has 2 aromatic heterocycles. The van der Waals surface area contributed by atoms with Crippen LogP contribution in [-0.2, 0) is 16.1 Å². The van der Waals surface area contributed by atoms with E-state index in [-0.39, 0.29) is 18.0 Å². The maximum Gasteiger partial charge on any atom is 0.243 e. The van der Waals surface area contributed by atoms with E-state index in [1.807, 2.05) is 0 Å². The fraction of sp³-hybridized carbons (Fsp3) is 0.667. The second kappa shape index (κ2) is 8.18. The van der Waals surface area contributed by atoms with Crippen molar-refractivity contribution in [3.05, 3.63) is 18.4 Å². The molecule has 0 atom stereocenters. The molecule has 0 unspecified atom stereocenters. The summed E-state index contributed by atoms with van der Waals surface area (Å²) in [6, 6.07) is 3.52. The second-order valence-electron chi connectivity index (χ2n) is 7.28. The van der Waals surface area contributed by atoms with E-state index in [2.05, 4.69) is 25.6 Å². The smallest absolute Gasteiger partial charge is 0.243 e. The quantitative estimate of drug-likeness (QED) is 0.808. The summed E-state index contributed by atoms with van der Waals surface area (Å²) in [6.45, 7) is 4.13. The van der Waals surface area contributed by atoms with Gasteiger partial charge in [-0.05, 0) is 30.2 Å². The van der Waals surface area contributed by atoms with Crippen LogP contribution in [0.5, 0.6) is 0 Å².